The third kappa shape index (κ3) is 3.15. The molecule has 110 valence electrons. The second-order valence-corrected chi connectivity index (χ2v) is 6.67. The number of alkyl halides is 1. The summed E-state index contributed by atoms with van der Waals surface area (Å²) in [6.45, 7) is 3.12. The van der Waals surface area contributed by atoms with E-state index in [4.69, 9.17) is 32.7 Å². The largest absolute Gasteiger partial charge is 0.486 e. The Morgan fingerprint density at radius 2 is 1.71 bits per heavy atom. The van der Waals surface area contributed by atoms with E-state index in [1.54, 1.807) is 0 Å². The van der Waals surface area contributed by atoms with Crippen LogP contribution in [0.2, 0.25) is 5.02 Å². The van der Waals surface area contributed by atoms with Gasteiger partial charge in [0.15, 0.2) is 11.5 Å². The molecule has 0 radical (unpaired) electrons. The second kappa shape index (κ2) is 6.07. The zero-order chi connectivity index (χ0) is 15.0. The van der Waals surface area contributed by atoms with Crippen molar-refractivity contribution >= 4 is 39.1 Å². The SMILES string of the molecule is Cc1cc(Cl)cc(C(Cl)c2cc3c(cc2Br)OCCO3)c1. The first-order valence-electron chi connectivity index (χ1n) is 6.55. The fourth-order valence-corrected chi connectivity index (χ4v) is 3.65. The maximum Gasteiger partial charge on any atom is 0.162 e. The summed E-state index contributed by atoms with van der Waals surface area (Å²) in [7, 11) is 0. The highest BCUT2D eigenvalue weighted by Crippen LogP contribution is 2.42. The van der Waals surface area contributed by atoms with Gasteiger partial charge in [-0.2, -0.15) is 0 Å². The summed E-state index contributed by atoms with van der Waals surface area (Å²) in [5.74, 6) is 1.46. The zero-order valence-electron chi connectivity index (χ0n) is 11.3. The molecule has 2 nitrogen and oxygen atoms in total. The zero-order valence-corrected chi connectivity index (χ0v) is 14.4. The smallest absolute Gasteiger partial charge is 0.162 e. The molecule has 0 saturated heterocycles. The number of hydrogen-bond acceptors (Lipinski definition) is 2. The minimum atomic E-state index is -0.312. The van der Waals surface area contributed by atoms with Crippen LogP contribution in [0.1, 0.15) is 22.1 Å². The number of benzene rings is 2. The Hall–Kier alpha value is -0.900. The van der Waals surface area contributed by atoms with E-state index in [1.165, 1.54) is 0 Å². The van der Waals surface area contributed by atoms with Crippen molar-refractivity contribution in [3.05, 3.63) is 56.5 Å². The van der Waals surface area contributed by atoms with Crippen LogP contribution in [0.5, 0.6) is 11.5 Å². The van der Waals surface area contributed by atoms with Crippen molar-refractivity contribution in [2.75, 3.05) is 13.2 Å². The van der Waals surface area contributed by atoms with E-state index in [9.17, 15) is 0 Å². The molecule has 1 aliphatic heterocycles. The Balaban J connectivity index is 2.02. The standard InChI is InChI=1S/C16H13BrCl2O2/c1-9-4-10(6-11(18)5-9)16(19)12-7-14-15(8-13(12)17)21-3-2-20-14/h4-8,16H,2-3H2,1H3. The monoisotopic (exact) mass is 386 g/mol. The van der Waals surface area contributed by atoms with Crippen molar-refractivity contribution in [3.63, 3.8) is 0 Å². The van der Waals surface area contributed by atoms with E-state index < -0.39 is 0 Å². The van der Waals surface area contributed by atoms with E-state index >= 15 is 0 Å². The lowest BCUT2D eigenvalue weighted by atomic mass is 10.0. The molecule has 1 atom stereocenters. The number of halogens is 3. The van der Waals surface area contributed by atoms with Gasteiger partial charge in [-0.3, -0.25) is 0 Å². The van der Waals surface area contributed by atoms with Gasteiger partial charge in [0.05, 0.1) is 5.38 Å². The molecule has 3 rings (SSSR count). The third-order valence-corrected chi connectivity index (χ3v) is 4.68. The first-order valence-corrected chi connectivity index (χ1v) is 8.15. The normalized spacial score (nSPS) is 14.9. The van der Waals surface area contributed by atoms with Crippen LogP contribution in [0.3, 0.4) is 0 Å². The summed E-state index contributed by atoms with van der Waals surface area (Å²) >= 11 is 16.3. The van der Waals surface area contributed by atoms with Crippen molar-refractivity contribution in [2.24, 2.45) is 0 Å². The molecule has 0 fully saturated rings. The number of rotatable bonds is 2. The van der Waals surface area contributed by atoms with Gasteiger partial charge in [0.1, 0.15) is 13.2 Å². The van der Waals surface area contributed by atoms with Crippen molar-refractivity contribution in [3.8, 4) is 11.5 Å². The van der Waals surface area contributed by atoms with Crippen LogP contribution in [-0.2, 0) is 0 Å². The fourth-order valence-electron chi connectivity index (χ4n) is 2.36. The average molecular weight is 388 g/mol. The summed E-state index contributed by atoms with van der Waals surface area (Å²) < 4.78 is 12.1. The molecule has 5 heteroatoms. The molecule has 0 aliphatic carbocycles. The van der Waals surface area contributed by atoms with Gasteiger partial charge in [-0.05, 0) is 47.9 Å². The molecule has 0 saturated carbocycles. The van der Waals surface area contributed by atoms with Gasteiger partial charge in [0.2, 0.25) is 0 Å². The maximum absolute atomic E-state index is 6.64. The van der Waals surface area contributed by atoms with Crippen molar-refractivity contribution in [2.45, 2.75) is 12.3 Å². The quantitative estimate of drug-likeness (QED) is 0.632. The molecular weight excluding hydrogens is 375 g/mol. The lowest BCUT2D eigenvalue weighted by Gasteiger charge is -2.21. The van der Waals surface area contributed by atoms with Crippen LogP contribution in [-0.4, -0.2) is 13.2 Å². The molecule has 1 aliphatic rings. The molecule has 1 unspecified atom stereocenters. The molecule has 2 aromatic carbocycles. The summed E-state index contributed by atoms with van der Waals surface area (Å²) in [5.41, 5.74) is 2.97. The van der Waals surface area contributed by atoms with Crippen LogP contribution >= 0.6 is 39.1 Å². The molecule has 0 amide bonds. The van der Waals surface area contributed by atoms with Crippen LogP contribution in [0.4, 0.5) is 0 Å². The molecule has 2 aromatic rings. The summed E-state index contributed by atoms with van der Waals surface area (Å²) in [6.07, 6.45) is 0. The molecule has 0 bridgehead atoms. The van der Waals surface area contributed by atoms with Crippen molar-refractivity contribution in [1.29, 1.82) is 0 Å². The lowest BCUT2D eigenvalue weighted by Crippen LogP contribution is -2.15. The Morgan fingerprint density at radius 3 is 2.38 bits per heavy atom. The van der Waals surface area contributed by atoms with E-state index in [0.717, 1.165) is 32.7 Å². The van der Waals surface area contributed by atoms with Crippen LogP contribution in [0.15, 0.2) is 34.8 Å². The van der Waals surface area contributed by atoms with Gasteiger partial charge < -0.3 is 9.47 Å². The van der Waals surface area contributed by atoms with Gasteiger partial charge >= 0.3 is 0 Å². The second-order valence-electron chi connectivity index (χ2n) is 4.94. The molecule has 0 N–H and O–H groups in total. The average Bonchev–Trinajstić information content (AvgIpc) is 2.44. The van der Waals surface area contributed by atoms with Crippen LogP contribution in [0.25, 0.3) is 0 Å². The first-order chi connectivity index (χ1) is 10.0. The number of aryl methyl sites for hydroxylation is 1. The first kappa shape index (κ1) is 15.0. The molecule has 0 aromatic heterocycles. The van der Waals surface area contributed by atoms with E-state index in [2.05, 4.69) is 15.9 Å². The molecular formula is C16H13BrCl2O2. The summed E-state index contributed by atoms with van der Waals surface area (Å²) in [6, 6.07) is 9.65. The van der Waals surface area contributed by atoms with Gasteiger partial charge in [-0.15, -0.1) is 11.6 Å². The number of ether oxygens (including phenoxy) is 2. The highest BCUT2D eigenvalue weighted by molar-refractivity contribution is 9.10. The highest BCUT2D eigenvalue weighted by atomic mass is 79.9. The van der Waals surface area contributed by atoms with Gasteiger partial charge in [0.25, 0.3) is 0 Å². The number of fused-ring (bicyclic) bond motifs is 1. The third-order valence-electron chi connectivity index (χ3n) is 3.29. The molecule has 21 heavy (non-hydrogen) atoms. The fraction of sp³-hybridized carbons (Fsp3) is 0.250. The molecule has 1 heterocycles. The van der Waals surface area contributed by atoms with Crippen LogP contribution in [0, 0.1) is 6.92 Å². The predicted molar refractivity (Wildman–Crippen MR) is 89.0 cm³/mol. The summed E-state index contributed by atoms with van der Waals surface area (Å²) in [5, 5.41) is 0.372. The van der Waals surface area contributed by atoms with Crippen LogP contribution < -0.4 is 9.47 Å². The van der Waals surface area contributed by atoms with Gasteiger partial charge in [0, 0.05) is 9.50 Å². The van der Waals surface area contributed by atoms with E-state index in [1.807, 2.05) is 37.3 Å². The Bertz CT molecular complexity index is 668. The summed E-state index contributed by atoms with van der Waals surface area (Å²) in [4.78, 5) is 0. The van der Waals surface area contributed by atoms with Crippen molar-refractivity contribution in [1.82, 2.24) is 0 Å². The van der Waals surface area contributed by atoms with E-state index in [0.29, 0.717) is 18.2 Å². The van der Waals surface area contributed by atoms with Crippen molar-refractivity contribution < 1.29 is 9.47 Å². The minimum Gasteiger partial charge on any atom is -0.486 e. The van der Waals surface area contributed by atoms with Gasteiger partial charge in [-0.1, -0.05) is 33.6 Å². The van der Waals surface area contributed by atoms with E-state index in [-0.39, 0.29) is 5.38 Å². The number of hydrogen-bond donors (Lipinski definition) is 0. The Kier molecular flexibility index (Phi) is 4.34. The topological polar surface area (TPSA) is 18.5 Å². The maximum atomic E-state index is 6.64. The lowest BCUT2D eigenvalue weighted by molar-refractivity contribution is 0.171. The predicted octanol–water partition coefficient (Wildman–Crippen LogP) is 5.51. The Morgan fingerprint density at radius 1 is 1.05 bits per heavy atom. The molecule has 0 spiro atoms. The Labute approximate surface area is 142 Å². The van der Waals surface area contributed by atoms with Gasteiger partial charge in [-0.25, -0.2) is 0 Å². The minimum absolute atomic E-state index is 0.312. The highest BCUT2D eigenvalue weighted by Gasteiger charge is 2.20.